The minimum atomic E-state index is -0.596. The Hall–Kier alpha value is -3.44. The summed E-state index contributed by atoms with van der Waals surface area (Å²) in [6, 6.07) is 7.97. The normalized spacial score (nSPS) is 17.6. The molecule has 11 heteroatoms. The number of hydrogen-bond acceptors (Lipinski definition) is 8. The Kier molecular flexibility index (Phi) is 6.56. The molecule has 190 valence electrons. The number of ether oxygens (including phenoxy) is 1. The zero-order chi connectivity index (χ0) is 25.4. The first-order chi connectivity index (χ1) is 18.1. The Morgan fingerprint density at radius 3 is 2.76 bits per heavy atom. The van der Waals surface area contributed by atoms with Crippen LogP contribution < -0.4 is 10.1 Å². The second kappa shape index (κ2) is 10.1. The summed E-state index contributed by atoms with van der Waals surface area (Å²) in [5.41, 5.74) is 1.37. The summed E-state index contributed by atoms with van der Waals surface area (Å²) in [5, 5.41) is 4.10. The summed E-state index contributed by atoms with van der Waals surface area (Å²) in [6.07, 6.45) is 7.22. The number of nitrogens with zero attached hydrogens (tertiary/aromatic N) is 4. The summed E-state index contributed by atoms with van der Waals surface area (Å²) >= 11 is 2.66. The van der Waals surface area contributed by atoms with Crippen LogP contribution in [0.25, 0.3) is 20.8 Å². The Labute approximate surface area is 220 Å². The number of rotatable bonds is 6. The molecule has 0 spiro atoms. The van der Waals surface area contributed by atoms with Crippen molar-refractivity contribution >= 4 is 45.0 Å². The maximum absolute atomic E-state index is 14.7. The first-order valence-corrected chi connectivity index (χ1v) is 13.9. The van der Waals surface area contributed by atoms with E-state index in [4.69, 9.17) is 9.72 Å². The van der Waals surface area contributed by atoms with Crippen molar-refractivity contribution in [1.29, 1.82) is 0 Å². The van der Waals surface area contributed by atoms with E-state index in [1.54, 1.807) is 41.6 Å². The number of carbonyl (C=O) groups excluding carboxylic acids is 2. The number of halogens is 1. The minimum Gasteiger partial charge on any atom is -0.399 e. The van der Waals surface area contributed by atoms with E-state index in [1.165, 1.54) is 28.7 Å². The van der Waals surface area contributed by atoms with Crippen molar-refractivity contribution in [2.75, 3.05) is 13.1 Å². The number of thiophene rings is 1. The molecule has 1 saturated heterocycles. The second-order valence-corrected chi connectivity index (χ2v) is 11.2. The molecular formula is C26H24FN5O3S2. The topological polar surface area (TPSA) is 97.3 Å². The summed E-state index contributed by atoms with van der Waals surface area (Å²) in [5.74, 6) is -0.235. The maximum atomic E-state index is 14.7. The molecule has 2 amide bonds. The van der Waals surface area contributed by atoms with E-state index in [2.05, 4.69) is 15.3 Å². The highest BCUT2D eigenvalue weighted by Crippen LogP contribution is 2.45. The molecule has 2 aliphatic rings. The number of carbonyl (C=O) groups is 2. The largest absolute Gasteiger partial charge is 0.413 e. The minimum absolute atomic E-state index is 0.209. The standard InChI is InChI=1S/C26H24FN5O3S2/c27-18-7-2-1-6-17(18)22-21(31-23(37-22)15-8-9-15)25(33)32-12-4-3-5-16(32)14-30-26(34)35-20-13-19-24(36-20)29-11-10-28-19/h1-2,6-7,10-11,13,15-16H,3-5,8-9,12,14H2,(H,30,34)/t16-/m0/s1. The van der Waals surface area contributed by atoms with Crippen molar-refractivity contribution in [2.24, 2.45) is 0 Å². The third-order valence-corrected chi connectivity index (χ3v) is 8.76. The number of benzene rings is 1. The van der Waals surface area contributed by atoms with Crippen molar-refractivity contribution in [1.82, 2.24) is 25.2 Å². The second-order valence-electron chi connectivity index (χ2n) is 9.21. The molecule has 1 aliphatic heterocycles. The van der Waals surface area contributed by atoms with Crippen molar-refractivity contribution in [3.63, 3.8) is 0 Å². The molecule has 3 aromatic heterocycles. The number of piperidine rings is 1. The van der Waals surface area contributed by atoms with Crippen LogP contribution in [0.5, 0.6) is 5.06 Å². The van der Waals surface area contributed by atoms with Gasteiger partial charge in [-0.25, -0.2) is 19.2 Å². The number of thiazole rings is 1. The van der Waals surface area contributed by atoms with Gasteiger partial charge < -0.3 is 15.0 Å². The quantitative estimate of drug-likeness (QED) is 0.343. The number of aromatic nitrogens is 3. The van der Waals surface area contributed by atoms with Crippen LogP contribution >= 0.6 is 22.7 Å². The van der Waals surface area contributed by atoms with E-state index in [1.807, 2.05) is 0 Å². The van der Waals surface area contributed by atoms with Gasteiger partial charge in [-0.15, -0.1) is 11.3 Å². The fraction of sp³-hybridized carbons (Fsp3) is 0.346. The van der Waals surface area contributed by atoms with E-state index in [0.717, 1.165) is 37.1 Å². The molecule has 1 atom stereocenters. The highest BCUT2D eigenvalue weighted by molar-refractivity contribution is 7.20. The smallest absolute Gasteiger partial charge is 0.399 e. The zero-order valence-corrected chi connectivity index (χ0v) is 21.5. The van der Waals surface area contributed by atoms with Gasteiger partial charge in [-0.3, -0.25) is 9.78 Å². The van der Waals surface area contributed by atoms with E-state index in [-0.39, 0.29) is 24.3 Å². The molecular weight excluding hydrogens is 513 g/mol. The van der Waals surface area contributed by atoms with Gasteiger partial charge in [0.15, 0.2) is 5.06 Å². The van der Waals surface area contributed by atoms with Crippen molar-refractivity contribution in [3.8, 4) is 15.5 Å². The Morgan fingerprint density at radius 1 is 1.11 bits per heavy atom. The van der Waals surface area contributed by atoms with Gasteiger partial charge in [-0.1, -0.05) is 29.5 Å². The predicted octanol–water partition coefficient (Wildman–Crippen LogP) is 5.61. The lowest BCUT2D eigenvalue weighted by molar-refractivity contribution is 0.0607. The van der Waals surface area contributed by atoms with E-state index >= 15 is 0 Å². The number of amides is 2. The molecule has 0 unspecified atom stereocenters. The van der Waals surface area contributed by atoms with Crippen LogP contribution in [-0.4, -0.2) is 51.0 Å². The average Bonchev–Trinajstić information content (AvgIpc) is 3.54. The number of fused-ring (bicyclic) bond motifs is 1. The summed E-state index contributed by atoms with van der Waals surface area (Å²) in [4.78, 5) is 42.5. The average molecular weight is 538 g/mol. The van der Waals surface area contributed by atoms with E-state index < -0.39 is 6.09 Å². The summed E-state index contributed by atoms with van der Waals surface area (Å²) in [6.45, 7) is 0.807. The summed E-state index contributed by atoms with van der Waals surface area (Å²) < 4.78 is 20.1. The van der Waals surface area contributed by atoms with Gasteiger partial charge >= 0.3 is 6.09 Å². The van der Waals surface area contributed by atoms with Gasteiger partial charge in [0.2, 0.25) is 0 Å². The lowest BCUT2D eigenvalue weighted by atomic mass is 10.0. The molecule has 2 fully saturated rings. The van der Waals surface area contributed by atoms with Crippen molar-refractivity contribution in [2.45, 2.75) is 44.1 Å². The molecule has 4 aromatic rings. The van der Waals surface area contributed by atoms with Crippen molar-refractivity contribution < 1.29 is 18.7 Å². The molecule has 4 heterocycles. The van der Waals surface area contributed by atoms with Crippen LogP contribution in [0.3, 0.4) is 0 Å². The predicted molar refractivity (Wildman–Crippen MR) is 140 cm³/mol. The van der Waals surface area contributed by atoms with Crippen LogP contribution in [0.2, 0.25) is 0 Å². The first-order valence-electron chi connectivity index (χ1n) is 12.3. The van der Waals surface area contributed by atoms with Gasteiger partial charge in [-0.05, 0) is 38.2 Å². The fourth-order valence-corrected chi connectivity index (χ4v) is 6.62. The number of hydrogen-bond donors (Lipinski definition) is 1. The highest BCUT2D eigenvalue weighted by Gasteiger charge is 2.35. The number of likely N-dealkylation sites (tertiary alicyclic amines) is 1. The lowest BCUT2D eigenvalue weighted by Gasteiger charge is -2.35. The molecule has 0 bridgehead atoms. The molecule has 8 nitrogen and oxygen atoms in total. The molecule has 1 N–H and O–H groups in total. The van der Waals surface area contributed by atoms with Crippen LogP contribution in [0.1, 0.15) is 53.5 Å². The van der Waals surface area contributed by atoms with E-state index in [9.17, 15) is 14.0 Å². The lowest BCUT2D eigenvalue weighted by Crippen LogP contribution is -2.50. The molecule has 37 heavy (non-hydrogen) atoms. The van der Waals surface area contributed by atoms with Gasteiger partial charge in [-0.2, -0.15) is 0 Å². The third-order valence-electron chi connectivity index (χ3n) is 6.60. The monoisotopic (exact) mass is 537 g/mol. The zero-order valence-electron chi connectivity index (χ0n) is 19.9. The molecule has 1 saturated carbocycles. The van der Waals surface area contributed by atoms with Crippen LogP contribution in [-0.2, 0) is 0 Å². The fourth-order valence-electron chi connectivity index (χ4n) is 4.56. The Morgan fingerprint density at radius 2 is 1.95 bits per heavy atom. The maximum Gasteiger partial charge on any atom is 0.413 e. The van der Waals surface area contributed by atoms with Gasteiger partial charge in [0, 0.05) is 49.1 Å². The molecule has 1 aliphatic carbocycles. The SMILES string of the molecule is O=C(NC[C@@H]1CCCCN1C(=O)c1nc(C2CC2)sc1-c1ccccc1F)Oc1cc2nccnc2s1. The van der Waals surface area contributed by atoms with Crippen LogP contribution in [0.4, 0.5) is 9.18 Å². The van der Waals surface area contributed by atoms with E-state index in [0.29, 0.717) is 44.0 Å². The van der Waals surface area contributed by atoms with Crippen molar-refractivity contribution in [3.05, 3.63) is 59.2 Å². The van der Waals surface area contributed by atoms with Gasteiger partial charge in [0.25, 0.3) is 5.91 Å². The Bertz CT molecular complexity index is 1430. The third kappa shape index (κ3) is 5.05. The molecule has 1 aromatic carbocycles. The number of nitrogens with one attached hydrogen (secondary N) is 1. The first kappa shape index (κ1) is 23.9. The van der Waals surface area contributed by atoms with Crippen LogP contribution in [0, 0.1) is 5.82 Å². The summed E-state index contributed by atoms with van der Waals surface area (Å²) in [7, 11) is 0. The molecule has 6 rings (SSSR count). The van der Waals surface area contributed by atoms with Gasteiger partial charge in [0.1, 0.15) is 21.9 Å². The molecule has 0 radical (unpaired) electrons. The highest BCUT2D eigenvalue weighted by atomic mass is 32.1. The Balaban J connectivity index is 1.18. The van der Waals surface area contributed by atoms with Crippen LogP contribution in [0.15, 0.2) is 42.7 Å². The van der Waals surface area contributed by atoms with Gasteiger partial charge in [0.05, 0.1) is 9.88 Å².